The third-order valence-corrected chi connectivity index (χ3v) is 4.86. The lowest BCUT2D eigenvalue weighted by atomic mass is 10.2. The minimum Gasteiger partial charge on any atom is -0.378 e. The van der Waals surface area contributed by atoms with Crippen LogP contribution in [0, 0.1) is 21.4 Å². The number of aromatic nitrogens is 3. The van der Waals surface area contributed by atoms with Crippen molar-refractivity contribution in [3.63, 3.8) is 0 Å². The van der Waals surface area contributed by atoms with Crippen LogP contribution >= 0.6 is 11.8 Å². The number of anilines is 1. The predicted octanol–water partition coefficient (Wildman–Crippen LogP) is 2.07. The molecule has 0 aliphatic carbocycles. The number of nitro groups is 1. The van der Waals surface area contributed by atoms with E-state index in [4.69, 9.17) is 4.74 Å². The number of nitrogens with zero attached hydrogens (tertiary/aromatic N) is 6. The molecule has 1 aliphatic heterocycles. The van der Waals surface area contributed by atoms with E-state index in [-0.39, 0.29) is 11.3 Å². The quantitative estimate of drug-likeness (QED) is 0.588. The monoisotopic (exact) mass is 360 g/mol. The molecule has 3 rings (SSSR count). The van der Waals surface area contributed by atoms with Gasteiger partial charge in [-0.2, -0.15) is 5.26 Å². The van der Waals surface area contributed by atoms with Crippen molar-refractivity contribution in [1.29, 1.82) is 5.26 Å². The number of nitro benzene ring substituents is 1. The van der Waals surface area contributed by atoms with Gasteiger partial charge in [0.15, 0.2) is 5.16 Å². The van der Waals surface area contributed by atoms with Crippen LogP contribution in [0.2, 0.25) is 0 Å². The summed E-state index contributed by atoms with van der Waals surface area (Å²) in [7, 11) is 0. The van der Waals surface area contributed by atoms with Gasteiger partial charge in [-0.15, -0.1) is 10.2 Å². The van der Waals surface area contributed by atoms with Crippen LogP contribution in [0.5, 0.6) is 0 Å². The van der Waals surface area contributed by atoms with Crippen molar-refractivity contribution in [2.24, 2.45) is 0 Å². The molecule has 0 radical (unpaired) electrons. The first-order chi connectivity index (χ1) is 12.1. The molecule has 1 saturated heterocycles. The molecule has 0 atom stereocenters. The highest BCUT2D eigenvalue weighted by atomic mass is 32.2. The van der Waals surface area contributed by atoms with Crippen molar-refractivity contribution in [2.75, 3.05) is 31.2 Å². The number of rotatable bonds is 5. The summed E-state index contributed by atoms with van der Waals surface area (Å²) in [5.74, 6) is 0.772. The number of ether oxygens (including phenoxy) is 1. The maximum absolute atomic E-state index is 10.9. The van der Waals surface area contributed by atoms with Crippen molar-refractivity contribution >= 4 is 23.4 Å². The van der Waals surface area contributed by atoms with Crippen molar-refractivity contribution in [3.05, 3.63) is 33.9 Å². The largest absolute Gasteiger partial charge is 0.378 e. The zero-order valence-electron chi connectivity index (χ0n) is 13.6. The van der Waals surface area contributed by atoms with Crippen LogP contribution in [0.4, 0.5) is 11.6 Å². The van der Waals surface area contributed by atoms with E-state index in [9.17, 15) is 15.4 Å². The number of hydrogen-bond acceptors (Lipinski definition) is 8. The first-order valence-corrected chi connectivity index (χ1v) is 8.58. The molecule has 1 aromatic heterocycles. The molecule has 0 amide bonds. The van der Waals surface area contributed by atoms with Crippen LogP contribution < -0.4 is 4.90 Å². The zero-order chi connectivity index (χ0) is 17.8. The molecule has 0 bridgehead atoms. The zero-order valence-corrected chi connectivity index (χ0v) is 14.4. The van der Waals surface area contributed by atoms with Crippen molar-refractivity contribution in [2.45, 2.75) is 23.5 Å². The summed E-state index contributed by atoms with van der Waals surface area (Å²) < 4.78 is 7.33. The van der Waals surface area contributed by atoms with Gasteiger partial charge >= 0.3 is 0 Å². The molecule has 10 heteroatoms. The summed E-state index contributed by atoms with van der Waals surface area (Å²) in [5, 5.41) is 29.3. The fourth-order valence-corrected chi connectivity index (χ4v) is 3.49. The van der Waals surface area contributed by atoms with Crippen LogP contribution in [0.3, 0.4) is 0 Å². The lowest BCUT2D eigenvalue weighted by molar-refractivity contribution is -0.384. The van der Waals surface area contributed by atoms with E-state index in [1.165, 1.54) is 23.9 Å². The maximum Gasteiger partial charge on any atom is 0.270 e. The van der Waals surface area contributed by atoms with E-state index in [1.807, 2.05) is 17.6 Å². The molecule has 130 valence electrons. The van der Waals surface area contributed by atoms with E-state index in [1.54, 1.807) is 6.07 Å². The molecule has 1 aromatic carbocycles. The summed E-state index contributed by atoms with van der Waals surface area (Å²) in [4.78, 5) is 13.1. The van der Waals surface area contributed by atoms with E-state index >= 15 is 0 Å². The maximum atomic E-state index is 10.9. The Hall–Kier alpha value is -2.64. The Morgan fingerprint density at radius 2 is 2.16 bits per heavy atom. The molecule has 2 aromatic rings. The number of non-ortho nitro benzene ring substituents is 1. The fraction of sp³-hybridized carbons (Fsp3) is 0.400. The second-order valence-electron chi connectivity index (χ2n) is 5.28. The van der Waals surface area contributed by atoms with Gasteiger partial charge in [0.25, 0.3) is 5.69 Å². The first-order valence-electron chi connectivity index (χ1n) is 7.76. The highest BCUT2D eigenvalue weighted by Gasteiger charge is 2.21. The second-order valence-corrected chi connectivity index (χ2v) is 6.29. The van der Waals surface area contributed by atoms with Gasteiger partial charge in [-0.3, -0.25) is 14.7 Å². The number of hydrogen-bond donors (Lipinski definition) is 0. The molecule has 1 fully saturated rings. The van der Waals surface area contributed by atoms with Crippen molar-refractivity contribution in [3.8, 4) is 6.07 Å². The molecule has 2 heterocycles. The Kier molecular flexibility index (Phi) is 5.16. The minimum absolute atomic E-state index is 0.105. The summed E-state index contributed by atoms with van der Waals surface area (Å²) in [6, 6.07) is 6.25. The van der Waals surface area contributed by atoms with E-state index in [0.717, 1.165) is 19.0 Å². The molecule has 0 saturated carbocycles. The Labute approximate surface area is 148 Å². The third-order valence-electron chi connectivity index (χ3n) is 3.80. The van der Waals surface area contributed by atoms with Gasteiger partial charge in [-0.25, -0.2) is 0 Å². The Bertz CT molecular complexity index is 825. The van der Waals surface area contributed by atoms with Crippen LogP contribution in [0.25, 0.3) is 0 Å². The van der Waals surface area contributed by atoms with Crippen molar-refractivity contribution in [1.82, 2.24) is 14.8 Å². The topological polar surface area (TPSA) is 110 Å². The van der Waals surface area contributed by atoms with Crippen LogP contribution in [-0.4, -0.2) is 46.0 Å². The smallest absolute Gasteiger partial charge is 0.270 e. The Morgan fingerprint density at radius 1 is 1.40 bits per heavy atom. The highest BCUT2D eigenvalue weighted by molar-refractivity contribution is 7.99. The molecule has 9 nitrogen and oxygen atoms in total. The first kappa shape index (κ1) is 17.2. The van der Waals surface area contributed by atoms with E-state index in [2.05, 4.69) is 15.1 Å². The minimum atomic E-state index is -0.514. The van der Waals surface area contributed by atoms with Gasteiger partial charge in [-0.1, -0.05) is 0 Å². The molecular formula is C15H16N6O3S. The predicted molar refractivity (Wildman–Crippen MR) is 90.7 cm³/mol. The molecule has 25 heavy (non-hydrogen) atoms. The summed E-state index contributed by atoms with van der Waals surface area (Å²) in [5.41, 5.74) is 0.143. The Morgan fingerprint density at radius 3 is 2.80 bits per heavy atom. The summed E-state index contributed by atoms with van der Waals surface area (Å²) >= 11 is 1.28. The molecule has 0 unspecified atom stereocenters. The normalized spacial score (nSPS) is 14.3. The third kappa shape index (κ3) is 3.57. The van der Waals surface area contributed by atoms with Crippen LogP contribution in [0.15, 0.2) is 28.3 Å². The fourth-order valence-electron chi connectivity index (χ4n) is 2.54. The average Bonchev–Trinajstić information content (AvgIpc) is 3.05. The van der Waals surface area contributed by atoms with Gasteiger partial charge in [0.05, 0.1) is 23.7 Å². The van der Waals surface area contributed by atoms with Gasteiger partial charge < -0.3 is 9.64 Å². The number of morpholine rings is 1. The summed E-state index contributed by atoms with van der Waals surface area (Å²) in [6.07, 6.45) is 0. The highest BCUT2D eigenvalue weighted by Crippen LogP contribution is 2.33. The van der Waals surface area contributed by atoms with Gasteiger partial charge in [-0.05, 0) is 24.8 Å². The lowest BCUT2D eigenvalue weighted by Crippen LogP contribution is -2.38. The van der Waals surface area contributed by atoms with E-state index in [0.29, 0.717) is 29.8 Å². The Balaban J connectivity index is 1.89. The van der Waals surface area contributed by atoms with Crippen LogP contribution in [0.1, 0.15) is 12.5 Å². The van der Waals surface area contributed by atoms with Gasteiger partial charge in [0.2, 0.25) is 5.95 Å². The van der Waals surface area contributed by atoms with Crippen molar-refractivity contribution < 1.29 is 9.66 Å². The SMILES string of the molecule is CCn1c(Sc2ccc([N+](=O)[O-])cc2C#N)nnc1N1CCOCC1. The molecule has 1 aliphatic rings. The molecular weight excluding hydrogens is 344 g/mol. The summed E-state index contributed by atoms with van der Waals surface area (Å²) in [6.45, 7) is 5.49. The van der Waals surface area contributed by atoms with E-state index < -0.39 is 4.92 Å². The molecule has 0 spiro atoms. The lowest BCUT2D eigenvalue weighted by Gasteiger charge is -2.27. The number of nitriles is 1. The van der Waals surface area contributed by atoms with Gasteiger partial charge in [0, 0.05) is 36.7 Å². The van der Waals surface area contributed by atoms with Crippen LogP contribution in [-0.2, 0) is 11.3 Å². The molecule has 0 N–H and O–H groups in total. The number of benzene rings is 1. The van der Waals surface area contributed by atoms with Gasteiger partial charge in [0.1, 0.15) is 6.07 Å². The standard InChI is InChI=1S/C15H16N6O3S/c1-2-20-14(19-5-7-24-8-6-19)17-18-15(20)25-13-4-3-12(21(22)23)9-11(13)10-16/h3-4,9H,2,5-8H2,1H3. The second kappa shape index (κ2) is 7.50. The average molecular weight is 360 g/mol.